The number of hydrogen-bond donors (Lipinski definition) is 4. The Hall–Kier alpha value is -1.34. The highest BCUT2D eigenvalue weighted by Gasteiger charge is 2.16. The molecule has 1 amide bonds. The van der Waals surface area contributed by atoms with E-state index < -0.39 is 23.7 Å². The lowest BCUT2D eigenvalue weighted by Crippen LogP contribution is -2.40. The van der Waals surface area contributed by atoms with E-state index in [0.717, 1.165) is 0 Å². The number of carbonyl (C=O) groups is 2. The number of carboxylic acid groups (broad SMARTS) is 1. The summed E-state index contributed by atoms with van der Waals surface area (Å²) in [4.78, 5) is 22.1. The topological polar surface area (TPSA) is 114 Å². The number of rotatable bonds is 8. The first kappa shape index (κ1) is 17.7. The van der Waals surface area contributed by atoms with E-state index in [1.807, 2.05) is 0 Å². The van der Waals surface area contributed by atoms with Crippen LogP contribution in [0, 0.1) is 0 Å². The van der Waals surface area contributed by atoms with Gasteiger partial charge in [-0.2, -0.15) is 0 Å². The molecule has 0 aromatic heterocycles. The molecule has 112 valence electrons. The van der Waals surface area contributed by atoms with Crippen molar-refractivity contribution < 1.29 is 19.4 Å². The molecule has 0 saturated heterocycles. The highest BCUT2D eigenvalue weighted by Crippen LogP contribution is 2.06. The minimum absolute atomic E-state index is 0.132. The maximum atomic E-state index is 11.3. The number of amides is 1. The zero-order chi connectivity index (χ0) is 14.9. The minimum Gasteiger partial charge on any atom is -0.480 e. The number of unbranched alkanes of at least 4 members (excludes halogenated alkanes) is 1. The predicted molar refractivity (Wildman–Crippen MR) is 71.7 cm³/mol. The first-order chi connectivity index (χ1) is 8.76. The van der Waals surface area contributed by atoms with Gasteiger partial charge in [0.05, 0.1) is 0 Å². The van der Waals surface area contributed by atoms with Gasteiger partial charge in [0, 0.05) is 13.2 Å². The van der Waals surface area contributed by atoms with E-state index in [9.17, 15) is 9.59 Å². The van der Waals surface area contributed by atoms with Gasteiger partial charge in [-0.3, -0.25) is 10.1 Å². The van der Waals surface area contributed by atoms with E-state index in [1.165, 1.54) is 0 Å². The Morgan fingerprint density at radius 1 is 1.32 bits per heavy atom. The summed E-state index contributed by atoms with van der Waals surface area (Å²) in [7, 11) is 0. The van der Waals surface area contributed by atoms with Crippen LogP contribution in [0.4, 0.5) is 4.79 Å². The third-order valence-electron chi connectivity index (χ3n) is 2.25. The monoisotopic (exact) mass is 275 g/mol. The molecule has 0 aromatic carbocycles. The molecule has 0 fully saturated rings. The fourth-order valence-corrected chi connectivity index (χ4v) is 1.43. The Bertz CT molecular complexity index is 289. The summed E-state index contributed by atoms with van der Waals surface area (Å²) in [6.45, 7) is 5.98. The molecule has 0 spiro atoms. The van der Waals surface area contributed by atoms with Crippen molar-refractivity contribution in [3.63, 3.8) is 0 Å². The lowest BCUT2D eigenvalue weighted by atomic mass is 10.1. The number of carboxylic acids is 1. The number of carbonyl (C=O) groups excluding carboxylic acids is 1. The summed E-state index contributed by atoms with van der Waals surface area (Å²) in [5.74, 6) is -0.912. The number of aliphatic carboxylic acids is 1. The van der Waals surface area contributed by atoms with Crippen molar-refractivity contribution in [1.82, 2.24) is 10.6 Å². The molecule has 7 heteroatoms. The quantitative estimate of drug-likeness (QED) is 0.382. The molecular formula is C12H25N3O4. The molecule has 5 N–H and O–H groups in total. The average molecular weight is 275 g/mol. The van der Waals surface area contributed by atoms with Crippen molar-refractivity contribution in [2.45, 2.75) is 51.7 Å². The Kier molecular flexibility index (Phi) is 8.09. The van der Waals surface area contributed by atoms with E-state index in [-0.39, 0.29) is 6.67 Å². The SMILES string of the molecule is CC(C)(C)OC(=O)NCCCCC(NCN)C(=O)O. The zero-order valence-corrected chi connectivity index (χ0v) is 11.9. The van der Waals surface area contributed by atoms with Crippen LogP contribution >= 0.6 is 0 Å². The average Bonchev–Trinajstić information content (AvgIpc) is 2.24. The van der Waals surface area contributed by atoms with Crippen LogP contribution in [0.3, 0.4) is 0 Å². The van der Waals surface area contributed by atoms with E-state index in [1.54, 1.807) is 20.8 Å². The summed E-state index contributed by atoms with van der Waals surface area (Å²) in [5.41, 5.74) is 4.74. The summed E-state index contributed by atoms with van der Waals surface area (Å²) in [6.07, 6.45) is 1.39. The summed E-state index contributed by atoms with van der Waals surface area (Å²) in [5, 5.41) is 14.2. The standard InChI is InChI=1S/C12H25N3O4/c1-12(2,3)19-11(18)14-7-5-4-6-9(10(16)17)15-8-13/h9,15H,4-8,13H2,1-3H3,(H,14,18)(H,16,17). The molecule has 19 heavy (non-hydrogen) atoms. The second kappa shape index (κ2) is 8.71. The zero-order valence-electron chi connectivity index (χ0n) is 11.9. The number of hydrogen-bond acceptors (Lipinski definition) is 5. The van der Waals surface area contributed by atoms with Crippen LogP contribution in [0.15, 0.2) is 0 Å². The Balaban J connectivity index is 3.69. The van der Waals surface area contributed by atoms with Crippen LogP contribution in [-0.4, -0.2) is 42.0 Å². The highest BCUT2D eigenvalue weighted by molar-refractivity contribution is 5.73. The molecule has 1 unspecified atom stereocenters. The summed E-state index contributed by atoms with van der Waals surface area (Å²) < 4.78 is 5.07. The summed E-state index contributed by atoms with van der Waals surface area (Å²) in [6, 6.07) is -0.633. The third-order valence-corrected chi connectivity index (χ3v) is 2.25. The lowest BCUT2D eigenvalue weighted by Gasteiger charge is -2.19. The molecule has 0 aliphatic rings. The molecule has 7 nitrogen and oxygen atoms in total. The molecule has 0 aliphatic heterocycles. The Morgan fingerprint density at radius 3 is 2.42 bits per heavy atom. The molecule has 0 bridgehead atoms. The fraction of sp³-hybridized carbons (Fsp3) is 0.833. The van der Waals surface area contributed by atoms with E-state index in [0.29, 0.717) is 25.8 Å². The smallest absolute Gasteiger partial charge is 0.407 e. The number of nitrogens with two attached hydrogens (primary N) is 1. The predicted octanol–water partition coefficient (Wildman–Crippen LogP) is 0.640. The Morgan fingerprint density at radius 2 is 1.95 bits per heavy atom. The van der Waals surface area contributed by atoms with Gasteiger partial charge >= 0.3 is 12.1 Å². The molecule has 0 saturated carbocycles. The third kappa shape index (κ3) is 10.3. The van der Waals surface area contributed by atoms with Gasteiger partial charge < -0.3 is 20.9 Å². The van der Waals surface area contributed by atoms with Gasteiger partial charge in [-0.1, -0.05) is 0 Å². The molecule has 0 aliphatic carbocycles. The van der Waals surface area contributed by atoms with Crippen molar-refractivity contribution in [3.8, 4) is 0 Å². The van der Waals surface area contributed by atoms with Crippen LogP contribution in [0.1, 0.15) is 40.0 Å². The highest BCUT2D eigenvalue weighted by atomic mass is 16.6. The molecule has 0 aromatic rings. The van der Waals surface area contributed by atoms with Crippen LogP contribution < -0.4 is 16.4 Å². The largest absolute Gasteiger partial charge is 0.480 e. The van der Waals surface area contributed by atoms with Crippen LogP contribution in [-0.2, 0) is 9.53 Å². The van der Waals surface area contributed by atoms with Gasteiger partial charge in [0.25, 0.3) is 0 Å². The molecule has 0 heterocycles. The first-order valence-corrected chi connectivity index (χ1v) is 6.39. The van der Waals surface area contributed by atoms with Crippen LogP contribution in [0.5, 0.6) is 0 Å². The number of alkyl carbamates (subject to hydrolysis) is 1. The Labute approximate surface area is 113 Å². The maximum absolute atomic E-state index is 11.3. The van der Waals surface area contributed by atoms with Gasteiger partial charge in [0.2, 0.25) is 0 Å². The number of nitrogens with one attached hydrogen (secondary N) is 2. The molecule has 1 atom stereocenters. The normalized spacial score (nSPS) is 12.8. The first-order valence-electron chi connectivity index (χ1n) is 6.39. The van der Waals surface area contributed by atoms with Gasteiger partial charge in [0.15, 0.2) is 0 Å². The van der Waals surface area contributed by atoms with E-state index >= 15 is 0 Å². The van der Waals surface area contributed by atoms with Crippen molar-refractivity contribution in [2.24, 2.45) is 5.73 Å². The van der Waals surface area contributed by atoms with Crippen molar-refractivity contribution in [1.29, 1.82) is 0 Å². The lowest BCUT2D eigenvalue weighted by molar-refractivity contribution is -0.139. The van der Waals surface area contributed by atoms with Crippen LogP contribution in [0.2, 0.25) is 0 Å². The van der Waals surface area contributed by atoms with E-state index in [4.69, 9.17) is 15.6 Å². The van der Waals surface area contributed by atoms with Crippen molar-refractivity contribution >= 4 is 12.1 Å². The molecule has 0 radical (unpaired) electrons. The minimum atomic E-state index is -0.912. The second-order valence-electron chi connectivity index (χ2n) is 5.22. The van der Waals surface area contributed by atoms with Gasteiger partial charge in [-0.25, -0.2) is 4.79 Å². The van der Waals surface area contributed by atoms with Gasteiger partial charge in [-0.15, -0.1) is 0 Å². The van der Waals surface area contributed by atoms with Crippen LogP contribution in [0.25, 0.3) is 0 Å². The van der Waals surface area contributed by atoms with Crippen molar-refractivity contribution in [2.75, 3.05) is 13.2 Å². The van der Waals surface area contributed by atoms with Gasteiger partial charge in [-0.05, 0) is 40.0 Å². The number of ether oxygens (including phenoxy) is 1. The fourth-order valence-electron chi connectivity index (χ4n) is 1.43. The van der Waals surface area contributed by atoms with Gasteiger partial charge in [0.1, 0.15) is 11.6 Å². The summed E-state index contributed by atoms with van der Waals surface area (Å²) >= 11 is 0. The van der Waals surface area contributed by atoms with Crippen molar-refractivity contribution in [3.05, 3.63) is 0 Å². The molecule has 0 rings (SSSR count). The molecular weight excluding hydrogens is 250 g/mol. The van der Waals surface area contributed by atoms with E-state index in [2.05, 4.69) is 10.6 Å². The second-order valence-corrected chi connectivity index (χ2v) is 5.22. The maximum Gasteiger partial charge on any atom is 0.407 e.